The fraction of sp³-hybridized carbons (Fsp3) is 0.552. The average Bonchev–Trinajstić information content (AvgIpc) is 2.80. The molecule has 34 heavy (non-hydrogen) atoms. The van der Waals surface area contributed by atoms with Gasteiger partial charge in [-0.05, 0) is 83.5 Å². The van der Waals surface area contributed by atoms with Crippen LogP contribution in [0.4, 0.5) is 0 Å². The molecule has 1 saturated heterocycles. The maximum atomic E-state index is 13.3. The Morgan fingerprint density at radius 1 is 1.15 bits per heavy atom. The number of fused-ring (bicyclic) bond motifs is 1. The van der Waals surface area contributed by atoms with Crippen LogP contribution in [0.2, 0.25) is 0 Å². The van der Waals surface area contributed by atoms with E-state index in [-0.39, 0.29) is 17.2 Å². The van der Waals surface area contributed by atoms with Crippen molar-refractivity contribution < 1.29 is 15.0 Å². The second-order valence-corrected chi connectivity index (χ2v) is 11.1. The summed E-state index contributed by atoms with van der Waals surface area (Å²) in [7, 11) is 0. The number of hydrogen-bond donors (Lipinski definition) is 3. The van der Waals surface area contributed by atoms with Gasteiger partial charge in [0.2, 0.25) is 0 Å². The number of hydrogen-bond acceptors (Lipinski definition) is 5. The van der Waals surface area contributed by atoms with Crippen LogP contribution in [-0.4, -0.2) is 46.6 Å². The highest BCUT2D eigenvalue weighted by Crippen LogP contribution is 2.40. The monoisotopic (exact) mass is 464 g/mol. The summed E-state index contributed by atoms with van der Waals surface area (Å²) in [6.07, 6.45) is 2.34. The Morgan fingerprint density at radius 2 is 1.91 bits per heavy atom. The number of likely N-dealkylation sites (tertiary alicyclic amines) is 1. The number of phenolic OH excluding ortho intramolecular Hbond substituents is 2. The summed E-state index contributed by atoms with van der Waals surface area (Å²) in [6.45, 7) is 12.7. The minimum Gasteiger partial charge on any atom is -0.508 e. The zero-order valence-corrected chi connectivity index (χ0v) is 21.1. The van der Waals surface area contributed by atoms with Gasteiger partial charge >= 0.3 is 0 Å². The fourth-order valence-electron chi connectivity index (χ4n) is 5.74. The fourth-order valence-corrected chi connectivity index (χ4v) is 5.74. The predicted octanol–water partition coefficient (Wildman–Crippen LogP) is 4.64. The van der Waals surface area contributed by atoms with Crippen molar-refractivity contribution in [3.8, 4) is 11.5 Å². The lowest BCUT2D eigenvalue weighted by Crippen LogP contribution is -2.49. The van der Waals surface area contributed by atoms with Gasteiger partial charge in [-0.3, -0.25) is 4.79 Å². The summed E-state index contributed by atoms with van der Waals surface area (Å²) in [6, 6.07) is 13.0. The van der Waals surface area contributed by atoms with E-state index in [0.29, 0.717) is 48.7 Å². The van der Waals surface area contributed by atoms with Crippen LogP contribution in [0.25, 0.3) is 0 Å². The molecule has 184 valence electrons. The topological polar surface area (TPSA) is 72.8 Å². The predicted molar refractivity (Wildman–Crippen MR) is 136 cm³/mol. The van der Waals surface area contributed by atoms with Crippen LogP contribution < -0.4 is 5.32 Å². The molecule has 0 spiro atoms. The molecule has 0 aliphatic carbocycles. The molecular weight excluding hydrogens is 424 g/mol. The van der Waals surface area contributed by atoms with Crippen LogP contribution in [0, 0.1) is 17.8 Å². The number of Topliss-reactive ketones (excluding diaryl/α,β-unsaturated/α-hetero) is 1. The lowest BCUT2D eigenvalue weighted by Gasteiger charge is -2.46. The first kappa shape index (κ1) is 24.7. The van der Waals surface area contributed by atoms with Crippen molar-refractivity contribution >= 4 is 5.78 Å². The molecule has 0 aromatic heterocycles. The van der Waals surface area contributed by atoms with Gasteiger partial charge in [-0.15, -0.1) is 0 Å². The van der Waals surface area contributed by atoms with E-state index in [2.05, 4.69) is 44.0 Å². The van der Waals surface area contributed by atoms with Gasteiger partial charge in [0.05, 0.1) is 6.04 Å². The van der Waals surface area contributed by atoms with Gasteiger partial charge in [0.25, 0.3) is 0 Å². The van der Waals surface area contributed by atoms with Crippen LogP contribution in [-0.2, 0) is 23.2 Å². The molecule has 0 saturated carbocycles. The SMILES string of the molecule is CC(C)[C@H](CC(=O)[C@H]1Cc2ccc(O)cc2CN1)CN1CC[C@@](C)(c2cccc(O)c2)[C@@H](C)C1. The Hall–Kier alpha value is -2.37. The molecule has 2 heterocycles. The number of benzene rings is 2. The minimum atomic E-state index is -0.146. The third kappa shape index (κ3) is 5.31. The molecule has 0 radical (unpaired) electrons. The zero-order chi connectivity index (χ0) is 24.5. The highest BCUT2D eigenvalue weighted by Gasteiger charge is 2.39. The molecule has 2 aliphatic rings. The Balaban J connectivity index is 1.36. The maximum Gasteiger partial charge on any atom is 0.150 e. The molecule has 5 heteroatoms. The second kappa shape index (κ2) is 10.1. The van der Waals surface area contributed by atoms with E-state index in [1.165, 1.54) is 5.56 Å². The molecule has 2 aromatic rings. The van der Waals surface area contributed by atoms with Crippen molar-refractivity contribution in [2.24, 2.45) is 17.8 Å². The number of piperidine rings is 1. The van der Waals surface area contributed by atoms with E-state index >= 15 is 0 Å². The number of rotatable bonds is 7. The zero-order valence-electron chi connectivity index (χ0n) is 21.1. The van der Waals surface area contributed by atoms with E-state index in [1.807, 2.05) is 18.2 Å². The summed E-state index contributed by atoms with van der Waals surface area (Å²) in [4.78, 5) is 15.8. The third-order valence-corrected chi connectivity index (χ3v) is 8.51. The molecule has 0 amide bonds. The standard InChI is InChI=1S/C29H40N2O3/c1-19(2)23(14-28(34)27-13-21-8-9-26(33)12-22(21)16-30-27)18-31-11-10-29(4,20(3)17-31)24-6-5-7-25(32)15-24/h5-9,12,15,19-20,23,27,30,32-33H,10-11,13-14,16-18H2,1-4H3/t20-,23+,27+,29+/m0/s1. The summed E-state index contributed by atoms with van der Waals surface area (Å²) in [5.74, 6) is 2.13. The summed E-state index contributed by atoms with van der Waals surface area (Å²) in [5, 5.41) is 23.1. The molecule has 2 aromatic carbocycles. The average molecular weight is 465 g/mol. The van der Waals surface area contributed by atoms with Gasteiger partial charge in [-0.25, -0.2) is 0 Å². The maximum absolute atomic E-state index is 13.3. The number of ketones is 1. The number of carbonyl (C=O) groups excluding carboxylic acids is 1. The molecular formula is C29H40N2O3. The van der Waals surface area contributed by atoms with Crippen LogP contribution in [0.15, 0.2) is 42.5 Å². The van der Waals surface area contributed by atoms with E-state index in [0.717, 1.165) is 37.2 Å². The number of aromatic hydroxyl groups is 2. The van der Waals surface area contributed by atoms with Crippen LogP contribution >= 0.6 is 0 Å². The van der Waals surface area contributed by atoms with E-state index in [9.17, 15) is 15.0 Å². The number of phenols is 2. The lowest BCUT2D eigenvalue weighted by atomic mass is 9.68. The molecule has 4 rings (SSSR count). The smallest absolute Gasteiger partial charge is 0.150 e. The van der Waals surface area contributed by atoms with E-state index in [1.54, 1.807) is 18.2 Å². The number of nitrogens with zero attached hydrogens (tertiary/aromatic N) is 1. The van der Waals surface area contributed by atoms with Crippen molar-refractivity contribution in [1.82, 2.24) is 10.2 Å². The van der Waals surface area contributed by atoms with Gasteiger partial charge in [-0.2, -0.15) is 0 Å². The molecule has 0 unspecified atom stereocenters. The number of nitrogens with one attached hydrogen (secondary N) is 1. The highest BCUT2D eigenvalue weighted by molar-refractivity contribution is 5.85. The van der Waals surface area contributed by atoms with Gasteiger partial charge in [0, 0.05) is 26.1 Å². The van der Waals surface area contributed by atoms with Crippen LogP contribution in [0.1, 0.15) is 57.2 Å². The molecule has 3 N–H and O–H groups in total. The first-order chi connectivity index (χ1) is 16.2. The largest absolute Gasteiger partial charge is 0.508 e. The summed E-state index contributed by atoms with van der Waals surface area (Å²) < 4.78 is 0. The molecule has 4 atom stereocenters. The molecule has 0 bridgehead atoms. The second-order valence-electron chi connectivity index (χ2n) is 11.1. The quantitative estimate of drug-likeness (QED) is 0.557. The lowest BCUT2D eigenvalue weighted by molar-refractivity contribution is -0.122. The van der Waals surface area contributed by atoms with Gasteiger partial charge < -0.3 is 20.4 Å². The van der Waals surface area contributed by atoms with Crippen molar-refractivity contribution in [2.75, 3.05) is 19.6 Å². The Bertz CT molecular complexity index is 1020. The third-order valence-electron chi connectivity index (χ3n) is 8.51. The van der Waals surface area contributed by atoms with Crippen LogP contribution in [0.5, 0.6) is 11.5 Å². The number of carbonyl (C=O) groups is 1. The summed E-state index contributed by atoms with van der Waals surface area (Å²) >= 11 is 0. The molecule has 2 aliphatic heterocycles. The van der Waals surface area contributed by atoms with Crippen LogP contribution in [0.3, 0.4) is 0 Å². The van der Waals surface area contributed by atoms with Gasteiger partial charge in [0.1, 0.15) is 17.3 Å². The van der Waals surface area contributed by atoms with E-state index < -0.39 is 0 Å². The Kier molecular flexibility index (Phi) is 7.34. The van der Waals surface area contributed by atoms with Crippen molar-refractivity contribution in [3.63, 3.8) is 0 Å². The summed E-state index contributed by atoms with van der Waals surface area (Å²) in [5.41, 5.74) is 3.51. The van der Waals surface area contributed by atoms with Gasteiger partial charge in [-0.1, -0.05) is 45.9 Å². The van der Waals surface area contributed by atoms with Crippen molar-refractivity contribution in [1.29, 1.82) is 0 Å². The Labute approximate surface area is 204 Å². The van der Waals surface area contributed by atoms with Gasteiger partial charge in [0.15, 0.2) is 0 Å². The van der Waals surface area contributed by atoms with Crippen molar-refractivity contribution in [2.45, 2.75) is 65.0 Å². The first-order valence-electron chi connectivity index (χ1n) is 12.7. The molecule has 5 nitrogen and oxygen atoms in total. The normalized spacial score (nSPS) is 26.3. The minimum absolute atomic E-state index is 0.0478. The highest BCUT2D eigenvalue weighted by atomic mass is 16.3. The molecule has 1 fully saturated rings. The Morgan fingerprint density at radius 3 is 2.62 bits per heavy atom. The van der Waals surface area contributed by atoms with Crippen molar-refractivity contribution in [3.05, 3.63) is 59.2 Å². The first-order valence-corrected chi connectivity index (χ1v) is 12.7. The van der Waals surface area contributed by atoms with E-state index in [4.69, 9.17) is 0 Å².